The van der Waals surface area contributed by atoms with Crippen molar-refractivity contribution >= 4 is 142 Å². The largest absolute Gasteiger partial charge is 0.506 e. The molecule has 0 spiro atoms. The van der Waals surface area contributed by atoms with Crippen LogP contribution in [0.3, 0.4) is 0 Å². The Bertz CT molecular complexity index is 3420. The van der Waals surface area contributed by atoms with E-state index in [1.807, 2.05) is 0 Å². The van der Waals surface area contributed by atoms with Gasteiger partial charge in [0.15, 0.2) is 54.5 Å². The zero-order valence-corrected chi connectivity index (χ0v) is 75.0. The molecule has 10 aliphatic rings. The van der Waals surface area contributed by atoms with Gasteiger partial charge >= 0.3 is 47.8 Å². The Morgan fingerprint density at radius 2 is 0.547 bits per heavy atom. The van der Waals surface area contributed by atoms with Gasteiger partial charge in [-0.3, -0.25) is 38.4 Å². The van der Waals surface area contributed by atoms with Crippen molar-refractivity contribution in [3.05, 3.63) is 23.0 Å². The highest BCUT2D eigenvalue weighted by molar-refractivity contribution is 8.00. The number of ether oxygens (including phenoxy) is 11. The minimum Gasteiger partial charge on any atom is -0.506 e. The second kappa shape index (κ2) is 59.2. The number of aliphatic carboxylic acids is 8. The summed E-state index contributed by atoms with van der Waals surface area (Å²) in [5.41, 5.74) is 0. The number of thioether (sulfide) groups is 8. The van der Waals surface area contributed by atoms with Crippen LogP contribution < -0.4 is 0 Å². The highest BCUT2D eigenvalue weighted by Gasteiger charge is 2.56. The van der Waals surface area contributed by atoms with Gasteiger partial charge in [-0.05, 0) is 43.4 Å². The summed E-state index contributed by atoms with van der Waals surface area (Å²) in [6.07, 6.45) is -77.0. The third-order valence-corrected chi connectivity index (χ3v) is 27.8. The van der Waals surface area contributed by atoms with Crippen molar-refractivity contribution in [2.75, 3.05) is 92.0 Å². The number of rotatable bonds is 45. The molecule has 0 aliphatic carbocycles. The molecule has 8 bridgehead atoms. The third-order valence-electron chi connectivity index (χ3n) is 19.4. The van der Waals surface area contributed by atoms with Gasteiger partial charge in [-0.25, -0.2) is 9.78 Å². The number of carboxylic acids is 8. The van der Waals surface area contributed by atoms with Crippen LogP contribution in [0.5, 0.6) is 0 Å². The van der Waals surface area contributed by atoms with Crippen LogP contribution in [-0.4, -0.2) is 474 Å². The van der Waals surface area contributed by atoms with Crippen LogP contribution in [0.15, 0.2) is 23.0 Å². The Labute approximate surface area is 764 Å². The molecule has 740 valence electrons. The lowest BCUT2D eigenvalue weighted by atomic mass is 9.97. The SMILES string of the molecule is CC(O)C(O)C1OC2OC(CSCCC(=O)O)C(OC(O)/C(O)=C(/O)C(CCSCCC(=O)O)OC(O)C(O)C(O)C(CCSCCC(=O)O)OC3OC(CSCCC(=O)O)C(OC4OC(CSCCC(=O)O)C(OC(O)/C(O)=C(\O)C(CCSCCC(=O)O)OC5OC(CSCCC(=O)O)C(OOC1CSCCC(=O)O)C(O)C5O)C(O)C4O)C(O)C3O)C(O)C2O. The van der Waals surface area contributed by atoms with Crippen LogP contribution in [0.4, 0.5) is 0 Å². The highest BCUT2D eigenvalue weighted by atomic mass is 32.2. The standard InChI is InChI=1S/C72H116O48S8/c1-29(73)46(90)64-37(28-128-23-12-45(88)89)119-120-65-36(27-127-22-11-44(86)87)114-70(60(104)53(65)97)110-32(4-15-123-18-7-40(78)79)49(93)56(100)68(107)116-61-33(24-124-19-8-41(80)81)112-71(58(102)50(61)94)117-63-35(26-126-21-10-43(84)85)111-69(57(101)52(63)96)109-31(3-14-122-17-6-39(76)77)48(92)54(98)66(105)108-30(2-13-121-16-5-38(74)75)47(91)55(99)67(106)115-62-34(25-125-20-9-42(82)83)113-72(118-64)59(103)51(62)95/h29-37,46,48,50-54,57-73,90-107H,2-28H2,1H3,(H,74,75)(H,76,77)(H,78,79)(H,80,81)(H,82,83)(H,84,85)(H,86,87)(H,88,89)/b55-47-,56-49+. The first-order valence-corrected chi connectivity index (χ1v) is 49.0. The molecule has 0 radical (unpaired) electrons. The van der Waals surface area contributed by atoms with E-state index in [1.54, 1.807) is 0 Å². The number of aliphatic hydroxyl groups is 19. The fraction of sp³-hybridized carbons (Fsp3) is 0.833. The van der Waals surface area contributed by atoms with E-state index in [-0.39, 0.29) is 63.3 Å². The molecule has 4 fully saturated rings. The van der Waals surface area contributed by atoms with Crippen LogP contribution in [0, 0.1) is 0 Å². The van der Waals surface area contributed by atoms with Crippen LogP contribution in [0.1, 0.15) is 77.6 Å². The van der Waals surface area contributed by atoms with Gasteiger partial charge < -0.3 is 190 Å². The van der Waals surface area contributed by atoms with E-state index >= 15 is 0 Å². The molecule has 10 heterocycles. The van der Waals surface area contributed by atoms with Gasteiger partial charge in [-0.2, -0.15) is 94.1 Å². The van der Waals surface area contributed by atoms with E-state index in [0.29, 0.717) is 0 Å². The number of fused-ring (bicyclic) bond motifs is 2. The molecule has 0 amide bonds. The minimum atomic E-state index is -2.90. The van der Waals surface area contributed by atoms with Gasteiger partial charge in [-0.15, -0.1) is 0 Å². The average molecular weight is 2010 g/mol. The molecule has 27 N–H and O–H groups in total. The number of carboxylic acid groups (broad SMARTS) is 8. The summed E-state index contributed by atoms with van der Waals surface area (Å²) in [5.74, 6) is -20.9. The molecule has 56 heteroatoms. The fourth-order valence-electron chi connectivity index (χ4n) is 12.5. The quantitative estimate of drug-likeness (QED) is 0.0205. The predicted octanol–water partition coefficient (Wildman–Crippen LogP) is -3.92. The summed E-state index contributed by atoms with van der Waals surface area (Å²) in [6, 6.07) is 0. The van der Waals surface area contributed by atoms with Crippen LogP contribution in [0.2, 0.25) is 0 Å². The molecule has 0 aromatic rings. The number of carbonyl (C=O) groups is 8. The van der Waals surface area contributed by atoms with Gasteiger partial charge in [0.1, 0.15) is 122 Å². The first kappa shape index (κ1) is 115. The summed E-state index contributed by atoms with van der Waals surface area (Å²) in [6.45, 7) is 1.01. The molecule has 32 atom stereocenters. The average Bonchev–Trinajstić information content (AvgIpc) is 0.780. The van der Waals surface area contributed by atoms with Gasteiger partial charge in [0, 0.05) is 74.8 Å². The summed E-state index contributed by atoms with van der Waals surface area (Å²) in [4.78, 5) is 105. The van der Waals surface area contributed by atoms with Crippen molar-refractivity contribution in [2.24, 2.45) is 0 Å². The lowest BCUT2D eigenvalue weighted by Crippen LogP contribution is -2.65. The molecular weight excluding hydrogens is 1890 g/mol. The molecule has 0 aromatic carbocycles. The highest BCUT2D eigenvalue weighted by Crippen LogP contribution is 2.39. The fourth-order valence-corrected chi connectivity index (χ4v) is 20.2. The molecule has 10 rings (SSSR count). The normalized spacial score (nSPS) is 35.9. The topological polar surface area (TPSA) is 803 Å². The van der Waals surface area contributed by atoms with Crippen molar-refractivity contribution in [2.45, 2.75) is 274 Å². The third kappa shape index (κ3) is 38.4. The van der Waals surface area contributed by atoms with E-state index in [0.717, 1.165) is 101 Å². The Balaban J connectivity index is 1.76. The van der Waals surface area contributed by atoms with Crippen LogP contribution in [-0.2, 0) is 100 Å². The molecule has 0 aromatic heterocycles. The maximum Gasteiger partial charge on any atom is 0.304 e. The minimum absolute atomic E-state index is 0.0914. The Morgan fingerprint density at radius 1 is 0.273 bits per heavy atom. The van der Waals surface area contributed by atoms with Gasteiger partial charge in [-0.1, -0.05) is 0 Å². The molecule has 4 saturated heterocycles. The van der Waals surface area contributed by atoms with Crippen molar-refractivity contribution in [1.29, 1.82) is 0 Å². The second-order valence-corrected chi connectivity index (χ2v) is 38.6. The second-order valence-electron chi connectivity index (χ2n) is 29.2. The lowest BCUT2D eigenvalue weighted by Gasteiger charge is -2.48. The number of aliphatic hydroxyl groups excluding tert-OH is 19. The molecule has 128 heavy (non-hydrogen) atoms. The van der Waals surface area contributed by atoms with E-state index < -0.39 is 367 Å². The summed E-state index contributed by atoms with van der Waals surface area (Å²) in [7, 11) is 0. The van der Waals surface area contributed by atoms with E-state index in [9.17, 15) is 176 Å². The zero-order chi connectivity index (χ0) is 95.3. The van der Waals surface area contributed by atoms with E-state index in [2.05, 4.69) is 0 Å². The van der Waals surface area contributed by atoms with Crippen molar-refractivity contribution in [1.82, 2.24) is 0 Å². The Morgan fingerprint density at radius 3 is 0.891 bits per heavy atom. The smallest absolute Gasteiger partial charge is 0.304 e. The first-order chi connectivity index (χ1) is 60.4. The first-order valence-electron chi connectivity index (χ1n) is 39.8. The number of hydrogen-bond donors (Lipinski definition) is 27. The maximum absolute atomic E-state index is 12.2. The Hall–Kier alpha value is -3.88. The van der Waals surface area contributed by atoms with Crippen molar-refractivity contribution in [3.63, 3.8) is 0 Å². The molecular formula is C72H116O48S8. The number of hydrogen-bond acceptors (Lipinski definition) is 48. The molecule has 32 unspecified atom stereocenters. The molecule has 48 nitrogen and oxygen atoms in total. The molecule has 10 aliphatic heterocycles. The van der Waals surface area contributed by atoms with Crippen LogP contribution >= 0.6 is 94.1 Å². The molecule has 0 saturated carbocycles. The van der Waals surface area contributed by atoms with Gasteiger partial charge in [0.05, 0.1) is 81.9 Å². The van der Waals surface area contributed by atoms with Gasteiger partial charge in [0.2, 0.25) is 12.6 Å². The van der Waals surface area contributed by atoms with Crippen LogP contribution in [0.25, 0.3) is 0 Å². The lowest BCUT2D eigenvalue weighted by molar-refractivity contribution is -0.421. The monoisotopic (exact) mass is 2000 g/mol. The summed E-state index contributed by atoms with van der Waals surface area (Å²) in [5, 5.41) is 302. The van der Waals surface area contributed by atoms with Crippen molar-refractivity contribution in [3.8, 4) is 0 Å². The van der Waals surface area contributed by atoms with E-state index in [1.165, 1.54) is 0 Å². The summed E-state index contributed by atoms with van der Waals surface area (Å²) >= 11 is 6.73. The van der Waals surface area contributed by atoms with Gasteiger partial charge in [0.25, 0.3) is 0 Å². The van der Waals surface area contributed by atoms with E-state index in [4.69, 9.17) is 61.9 Å². The Kier molecular flexibility index (Phi) is 53.0. The maximum atomic E-state index is 12.2. The van der Waals surface area contributed by atoms with Crippen molar-refractivity contribution < 1.29 is 238 Å². The predicted molar refractivity (Wildman–Crippen MR) is 449 cm³/mol. The summed E-state index contributed by atoms with van der Waals surface area (Å²) < 4.78 is 66.2. The zero-order valence-electron chi connectivity index (χ0n) is 68.5.